The number of nitrogens with zero attached hydrogens (tertiary/aromatic N) is 1. The van der Waals surface area contributed by atoms with E-state index in [0.717, 1.165) is 40.0 Å². The molecule has 0 spiro atoms. The van der Waals surface area contributed by atoms with E-state index in [0.29, 0.717) is 17.8 Å². The van der Waals surface area contributed by atoms with Crippen molar-refractivity contribution in [3.8, 4) is 0 Å². The highest BCUT2D eigenvalue weighted by molar-refractivity contribution is 6.08. The molecule has 0 atom stereocenters. The van der Waals surface area contributed by atoms with Gasteiger partial charge in [-0.1, -0.05) is 41.5 Å². The molecule has 3 aromatic carbocycles. The van der Waals surface area contributed by atoms with Crippen LogP contribution in [0.4, 0.5) is 21.9 Å². The van der Waals surface area contributed by atoms with Gasteiger partial charge in [-0.15, -0.1) is 0 Å². The maximum atomic E-state index is 13.0. The van der Waals surface area contributed by atoms with Crippen LogP contribution in [-0.4, -0.2) is 18.5 Å². The second-order valence-electron chi connectivity index (χ2n) is 7.81. The van der Waals surface area contributed by atoms with Crippen LogP contribution in [-0.2, 0) is 6.42 Å². The molecule has 1 heterocycles. The van der Waals surface area contributed by atoms with Gasteiger partial charge in [-0.2, -0.15) is 0 Å². The molecule has 0 saturated carbocycles. The van der Waals surface area contributed by atoms with Gasteiger partial charge >= 0.3 is 6.03 Å². The summed E-state index contributed by atoms with van der Waals surface area (Å²) >= 11 is 0. The van der Waals surface area contributed by atoms with Gasteiger partial charge in [-0.3, -0.25) is 4.79 Å². The van der Waals surface area contributed by atoms with E-state index < -0.39 is 0 Å². The van der Waals surface area contributed by atoms with Gasteiger partial charge < -0.3 is 15.5 Å². The summed E-state index contributed by atoms with van der Waals surface area (Å²) in [6.45, 7) is 6.62. The Balaban J connectivity index is 1.50. The first-order chi connectivity index (χ1) is 14.4. The summed E-state index contributed by atoms with van der Waals surface area (Å²) in [5.41, 5.74) is 7.33. The molecule has 0 radical (unpaired) electrons. The monoisotopic (exact) mass is 399 g/mol. The van der Waals surface area contributed by atoms with Crippen molar-refractivity contribution in [3.63, 3.8) is 0 Å². The lowest BCUT2D eigenvalue weighted by Gasteiger charge is -2.18. The summed E-state index contributed by atoms with van der Waals surface area (Å²) in [7, 11) is 0. The standard InChI is InChI=1S/C25H25N3O2/c1-16-4-7-20(8-5-16)24(29)28-13-12-19-9-10-21(15-23(19)28)26-25(30)27-22-11-6-17(2)14-18(22)3/h4-11,14-15H,12-13H2,1-3H3,(H2,26,27,30). The van der Waals surface area contributed by atoms with Crippen LogP contribution in [0, 0.1) is 20.8 Å². The van der Waals surface area contributed by atoms with Gasteiger partial charge in [0.15, 0.2) is 0 Å². The van der Waals surface area contributed by atoms with E-state index >= 15 is 0 Å². The molecule has 0 saturated heterocycles. The number of benzene rings is 3. The number of carbonyl (C=O) groups excluding carboxylic acids is 2. The molecule has 0 fully saturated rings. The topological polar surface area (TPSA) is 61.4 Å². The van der Waals surface area contributed by atoms with E-state index in [4.69, 9.17) is 0 Å². The molecular weight excluding hydrogens is 374 g/mol. The van der Waals surface area contributed by atoms with E-state index in [-0.39, 0.29) is 11.9 Å². The quantitative estimate of drug-likeness (QED) is 0.614. The first kappa shape index (κ1) is 19.7. The van der Waals surface area contributed by atoms with Gasteiger partial charge in [0, 0.05) is 29.2 Å². The molecule has 0 unspecified atom stereocenters. The fourth-order valence-corrected chi connectivity index (χ4v) is 3.76. The number of fused-ring (bicyclic) bond motifs is 1. The highest BCUT2D eigenvalue weighted by Gasteiger charge is 2.26. The Kier molecular flexibility index (Phi) is 5.27. The molecule has 3 amide bonds. The van der Waals surface area contributed by atoms with Gasteiger partial charge in [0.1, 0.15) is 0 Å². The average molecular weight is 399 g/mol. The minimum Gasteiger partial charge on any atom is -0.308 e. The third kappa shape index (κ3) is 4.06. The van der Waals surface area contributed by atoms with Gasteiger partial charge in [-0.05, 0) is 68.7 Å². The summed E-state index contributed by atoms with van der Waals surface area (Å²) in [6.07, 6.45) is 0.808. The summed E-state index contributed by atoms with van der Waals surface area (Å²) in [5.74, 6) is -0.0226. The molecule has 5 heteroatoms. The predicted molar refractivity (Wildman–Crippen MR) is 122 cm³/mol. The van der Waals surface area contributed by atoms with Crippen molar-refractivity contribution in [2.45, 2.75) is 27.2 Å². The van der Waals surface area contributed by atoms with Gasteiger partial charge in [0.05, 0.1) is 0 Å². The second kappa shape index (κ2) is 8.03. The SMILES string of the molecule is Cc1ccc(C(=O)N2CCc3ccc(NC(=O)Nc4ccc(C)cc4C)cc32)cc1. The fraction of sp³-hybridized carbons (Fsp3) is 0.200. The van der Waals surface area contributed by atoms with E-state index in [1.807, 2.05) is 81.4 Å². The largest absolute Gasteiger partial charge is 0.323 e. The zero-order valence-corrected chi connectivity index (χ0v) is 17.5. The lowest BCUT2D eigenvalue weighted by molar-refractivity contribution is 0.0989. The van der Waals surface area contributed by atoms with E-state index in [1.165, 1.54) is 0 Å². The summed E-state index contributed by atoms with van der Waals surface area (Å²) in [5, 5.41) is 5.77. The number of urea groups is 1. The fourth-order valence-electron chi connectivity index (χ4n) is 3.76. The van der Waals surface area contributed by atoms with Crippen molar-refractivity contribution < 1.29 is 9.59 Å². The molecule has 1 aliphatic heterocycles. The third-order valence-electron chi connectivity index (χ3n) is 5.41. The number of rotatable bonds is 3. The third-order valence-corrected chi connectivity index (χ3v) is 5.41. The molecule has 0 aliphatic carbocycles. The van der Waals surface area contributed by atoms with E-state index in [1.54, 1.807) is 4.90 Å². The molecule has 30 heavy (non-hydrogen) atoms. The van der Waals surface area contributed by atoms with E-state index in [2.05, 4.69) is 10.6 Å². The lowest BCUT2D eigenvalue weighted by atomic mass is 10.1. The molecule has 1 aliphatic rings. The minimum absolute atomic E-state index is 0.0226. The van der Waals surface area contributed by atoms with Crippen molar-refractivity contribution >= 4 is 29.0 Å². The van der Waals surface area contributed by atoms with Crippen LogP contribution >= 0.6 is 0 Å². The summed E-state index contributed by atoms with van der Waals surface area (Å²) in [4.78, 5) is 27.3. The number of amides is 3. The van der Waals surface area contributed by atoms with Crippen LogP contribution in [0.25, 0.3) is 0 Å². The second-order valence-corrected chi connectivity index (χ2v) is 7.81. The average Bonchev–Trinajstić information content (AvgIpc) is 3.13. The van der Waals surface area contributed by atoms with Crippen molar-refractivity contribution in [3.05, 3.63) is 88.5 Å². The highest BCUT2D eigenvalue weighted by Crippen LogP contribution is 2.32. The Hall–Kier alpha value is -3.60. The van der Waals surface area contributed by atoms with Crippen molar-refractivity contribution in [1.29, 1.82) is 0 Å². The number of nitrogens with one attached hydrogen (secondary N) is 2. The zero-order chi connectivity index (χ0) is 21.3. The number of hydrogen-bond acceptors (Lipinski definition) is 2. The van der Waals surface area contributed by atoms with Gasteiger partial charge in [0.2, 0.25) is 0 Å². The van der Waals surface area contributed by atoms with Crippen molar-refractivity contribution in [1.82, 2.24) is 0 Å². The normalized spacial score (nSPS) is 12.4. The van der Waals surface area contributed by atoms with Gasteiger partial charge in [-0.25, -0.2) is 4.79 Å². The Morgan fingerprint density at radius 1 is 0.833 bits per heavy atom. The van der Waals surface area contributed by atoms with Crippen LogP contribution in [0.3, 0.4) is 0 Å². The zero-order valence-electron chi connectivity index (χ0n) is 17.5. The first-order valence-corrected chi connectivity index (χ1v) is 10.1. The van der Waals surface area contributed by atoms with Crippen LogP contribution < -0.4 is 15.5 Å². The number of carbonyl (C=O) groups is 2. The molecule has 3 aromatic rings. The molecule has 152 valence electrons. The Morgan fingerprint density at radius 3 is 2.30 bits per heavy atom. The number of hydrogen-bond donors (Lipinski definition) is 2. The van der Waals surface area contributed by atoms with Crippen LogP contribution in [0.5, 0.6) is 0 Å². The molecule has 5 nitrogen and oxygen atoms in total. The molecule has 0 aromatic heterocycles. The molecule has 4 rings (SSSR count). The van der Waals surface area contributed by atoms with Crippen molar-refractivity contribution in [2.75, 3.05) is 22.1 Å². The maximum Gasteiger partial charge on any atom is 0.323 e. The van der Waals surface area contributed by atoms with Crippen LogP contribution in [0.2, 0.25) is 0 Å². The first-order valence-electron chi connectivity index (χ1n) is 10.1. The minimum atomic E-state index is -0.309. The smallest absolute Gasteiger partial charge is 0.308 e. The number of aryl methyl sites for hydroxylation is 3. The molecular formula is C25H25N3O2. The Bertz CT molecular complexity index is 1120. The lowest BCUT2D eigenvalue weighted by Crippen LogP contribution is -2.29. The predicted octanol–water partition coefficient (Wildman–Crippen LogP) is 5.46. The molecule has 0 bridgehead atoms. The Labute approximate surface area is 176 Å². The highest BCUT2D eigenvalue weighted by atomic mass is 16.2. The van der Waals surface area contributed by atoms with Gasteiger partial charge in [0.25, 0.3) is 5.91 Å². The summed E-state index contributed by atoms with van der Waals surface area (Å²) in [6, 6.07) is 18.9. The van der Waals surface area contributed by atoms with Crippen LogP contribution in [0.1, 0.15) is 32.6 Å². The summed E-state index contributed by atoms with van der Waals surface area (Å²) < 4.78 is 0. The van der Waals surface area contributed by atoms with E-state index in [9.17, 15) is 9.59 Å². The Morgan fingerprint density at radius 2 is 1.57 bits per heavy atom. The van der Waals surface area contributed by atoms with Crippen LogP contribution in [0.15, 0.2) is 60.7 Å². The number of anilines is 3. The maximum absolute atomic E-state index is 13.0. The molecule has 2 N–H and O–H groups in total. The van der Waals surface area contributed by atoms with Crippen molar-refractivity contribution in [2.24, 2.45) is 0 Å².